The summed E-state index contributed by atoms with van der Waals surface area (Å²) >= 11 is 0. The fourth-order valence-corrected chi connectivity index (χ4v) is 1.26. The molecule has 0 aliphatic heterocycles. The number of hydrogen-bond donors (Lipinski definition) is 3. The Morgan fingerprint density at radius 2 is 1.50 bits per heavy atom. The van der Waals surface area contributed by atoms with Crippen molar-refractivity contribution in [1.82, 2.24) is 0 Å². The first-order valence-corrected chi connectivity index (χ1v) is 6.85. The molecule has 0 aromatic heterocycles. The topological polar surface area (TPSA) is 83.6 Å². The Bertz CT molecular complexity index is 266. The Labute approximate surface area is 124 Å². The van der Waals surface area contributed by atoms with Crippen molar-refractivity contribution in [3.05, 3.63) is 35.4 Å². The first-order chi connectivity index (χ1) is 9.76. The average molecular weight is 287 g/mol. The molecular weight excluding hydrogens is 254 g/mol. The predicted molar refractivity (Wildman–Crippen MR) is 87.7 cm³/mol. The molecule has 4 heteroatoms. The third-order valence-corrected chi connectivity index (χ3v) is 2.06. The van der Waals surface area contributed by atoms with Crippen LogP contribution in [0.25, 0.3) is 0 Å². The molecule has 0 spiro atoms. The van der Waals surface area contributed by atoms with Gasteiger partial charge in [0.1, 0.15) is 0 Å². The number of aliphatic hydroxyl groups excluding tert-OH is 2. The van der Waals surface area contributed by atoms with E-state index in [1.54, 1.807) is 0 Å². The number of unbranched alkanes of at least 4 members (excludes halogenated alkanes) is 1. The molecular formula is C16H33NO3. The first kappa shape index (κ1) is 27.0. The number of carbonyl (C=O) groups excluding carboxylic acids is 1. The fourth-order valence-electron chi connectivity index (χ4n) is 1.26. The second kappa shape index (κ2) is 30.6. The number of rotatable bonds is 3. The zero-order chi connectivity index (χ0) is 16.8. The minimum absolute atomic E-state index is 0.250. The lowest BCUT2D eigenvalue weighted by atomic mass is 10.0. The molecule has 20 heavy (non-hydrogen) atoms. The largest absolute Gasteiger partial charge is 0.400 e. The second-order valence-corrected chi connectivity index (χ2v) is 3.17. The van der Waals surface area contributed by atoms with E-state index < -0.39 is 0 Å². The summed E-state index contributed by atoms with van der Waals surface area (Å²) in [6.07, 6.45) is 4.09. The number of amides is 1. The molecule has 4 N–H and O–H groups in total. The smallest absolute Gasteiger partial charge is 0.204 e. The maximum atomic E-state index is 8.58. The second-order valence-electron chi connectivity index (χ2n) is 3.17. The zero-order valence-corrected chi connectivity index (χ0v) is 13.9. The van der Waals surface area contributed by atoms with Crippen molar-refractivity contribution >= 4 is 6.41 Å². The summed E-state index contributed by atoms with van der Waals surface area (Å²) in [6, 6.07) is 8.64. The highest BCUT2D eigenvalue weighted by molar-refractivity contribution is 5.42. The molecule has 0 fully saturated rings. The maximum Gasteiger partial charge on any atom is 0.204 e. The number of primary amides is 1. The Balaban J connectivity index is -0.000000121. The molecule has 4 nitrogen and oxygen atoms in total. The lowest BCUT2D eigenvalue weighted by Crippen LogP contribution is -1.87. The van der Waals surface area contributed by atoms with Crippen LogP contribution in [0.4, 0.5) is 0 Å². The molecule has 0 unspecified atom stereocenters. The third-order valence-electron chi connectivity index (χ3n) is 2.06. The molecule has 0 saturated heterocycles. The summed E-state index contributed by atoms with van der Waals surface area (Å²) in [7, 11) is 2.00. The molecule has 0 aliphatic rings. The Morgan fingerprint density at radius 1 is 1.10 bits per heavy atom. The van der Waals surface area contributed by atoms with Crippen molar-refractivity contribution in [2.24, 2.45) is 5.73 Å². The van der Waals surface area contributed by atoms with Gasteiger partial charge in [0.05, 0.1) is 0 Å². The molecule has 0 bridgehead atoms. The highest BCUT2D eigenvalue weighted by Crippen LogP contribution is 2.09. The van der Waals surface area contributed by atoms with E-state index in [2.05, 4.69) is 43.8 Å². The van der Waals surface area contributed by atoms with E-state index in [0.29, 0.717) is 0 Å². The lowest BCUT2D eigenvalue weighted by Gasteiger charge is -2.02. The van der Waals surface area contributed by atoms with Gasteiger partial charge >= 0.3 is 0 Å². The number of benzene rings is 1. The summed E-state index contributed by atoms with van der Waals surface area (Å²) in [5.74, 6) is 0. The fraction of sp³-hybridized carbons (Fsp3) is 0.562. The Morgan fingerprint density at radius 3 is 1.85 bits per heavy atom. The van der Waals surface area contributed by atoms with Gasteiger partial charge in [-0.05, 0) is 30.9 Å². The standard InChI is InChI=1S/C11H16.C2H6.CH3NO.2CH4O/c1-3-4-8-11-9-6-5-7-10(11)2;1-2;2-1-3;2*1-2/h5-7,9H,3-4,8H2,1-2H3;1-2H3;1H,(H2,2,3);2*2H,1H3. The minimum Gasteiger partial charge on any atom is -0.400 e. The van der Waals surface area contributed by atoms with Gasteiger partial charge in [0.15, 0.2) is 0 Å². The summed E-state index contributed by atoms with van der Waals surface area (Å²) in [5, 5.41) is 14.0. The molecule has 1 aromatic rings. The van der Waals surface area contributed by atoms with Crippen LogP contribution in [0.3, 0.4) is 0 Å². The molecule has 1 rings (SSSR count). The van der Waals surface area contributed by atoms with Crippen LogP contribution in [0.5, 0.6) is 0 Å². The van der Waals surface area contributed by atoms with Gasteiger partial charge in [-0.1, -0.05) is 51.5 Å². The summed E-state index contributed by atoms with van der Waals surface area (Å²) in [4.78, 5) is 8.58. The molecule has 1 amide bonds. The monoisotopic (exact) mass is 287 g/mol. The molecule has 0 radical (unpaired) electrons. The number of hydrogen-bond acceptors (Lipinski definition) is 3. The van der Waals surface area contributed by atoms with E-state index in [4.69, 9.17) is 15.0 Å². The van der Waals surface area contributed by atoms with Crippen molar-refractivity contribution in [1.29, 1.82) is 0 Å². The quantitative estimate of drug-likeness (QED) is 0.747. The van der Waals surface area contributed by atoms with Crippen molar-refractivity contribution in [3.63, 3.8) is 0 Å². The number of aliphatic hydroxyl groups is 2. The molecule has 1 aromatic carbocycles. The summed E-state index contributed by atoms with van der Waals surface area (Å²) in [5.41, 5.74) is 7.11. The number of carbonyl (C=O) groups is 1. The van der Waals surface area contributed by atoms with Gasteiger partial charge in [0, 0.05) is 14.2 Å². The molecule has 0 heterocycles. The first-order valence-electron chi connectivity index (χ1n) is 6.85. The van der Waals surface area contributed by atoms with E-state index >= 15 is 0 Å². The highest BCUT2D eigenvalue weighted by atomic mass is 16.2. The Hall–Kier alpha value is -1.39. The highest BCUT2D eigenvalue weighted by Gasteiger charge is 1.94. The molecule has 120 valence electrons. The van der Waals surface area contributed by atoms with Crippen LogP contribution >= 0.6 is 0 Å². The summed E-state index contributed by atoms with van der Waals surface area (Å²) in [6.45, 7) is 8.42. The van der Waals surface area contributed by atoms with Crippen molar-refractivity contribution in [3.8, 4) is 0 Å². The van der Waals surface area contributed by atoms with E-state index in [-0.39, 0.29) is 6.41 Å². The summed E-state index contributed by atoms with van der Waals surface area (Å²) < 4.78 is 0. The van der Waals surface area contributed by atoms with Crippen molar-refractivity contribution in [2.75, 3.05) is 14.2 Å². The van der Waals surface area contributed by atoms with Gasteiger partial charge < -0.3 is 15.9 Å². The maximum absolute atomic E-state index is 8.58. The lowest BCUT2D eigenvalue weighted by molar-refractivity contribution is -0.106. The van der Waals surface area contributed by atoms with Crippen molar-refractivity contribution < 1.29 is 15.0 Å². The van der Waals surface area contributed by atoms with Crippen LogP contribution in [0.1, 0.15) is 44.7 Å². The van der Waals surface area contributed by atoms with E-state index in [9.17, 15) is 0 Å². The van der Waals surface area contributed by atoms with Gasteiger partial charge in [0.2, 0.25) is 6.41 Å². The van der Waals surface area contributed by atoms with Gasteiger partial charge in [-0.15, -0.1) is 0 Å². The van der Waals surface area contributed by atoms with Gasteiger partial charge in [-0.2, -0.15) is 0 Å². The Kier molecular flexibility index (Phi) is 41.3. The van der Waals surface area contributed by atoms with Crippen molar-refractivity contribution in [2.45, 2.75) is 47.0 Å². The van der Waals surface area contributed by atoms with Gasteiger partial charge in [-0.3, -0.25) is 4.79 Å². The van der Waals surface area contributed by atoms with E-state index in [0.717, 1.165) is 14.2 Å². The van der Waals surface area contributed by atoms with Crippen LogP contribution in [-0.2, 0) is 11.2 Å². The van der Waals surface area contributed by atoms with Gasteiger partial charge in [0.25, 0.3) is 0 Å². The number of aryl methyl sites for hydroxylation is 2. The third kappa shape index (κ3) is 21.9. The van der Waals surface area contributed by atoms with Crippen LogP contribution in [0.2, 0.25) is 0 Å². The van der Waals surface area contributed by atoms with Crippen LogP contribution < -0.4 is 5.73 Å². The SMILES string of the molecule is CC.CCCCc1ccccc1C.CO.CO.NC=O. The van der Waals surface area contributed by atoms with Crippen LogP contribution in [0, 0.1) is 6.92 Å². The van der Waals surface area contributed by atoms with E-state index in [1.807, 2.05) is 13.8 Å². The van der Waals surface area contributed by atoms with Crippen LogP contribution in [0.15, 0.2) is 24.3 Å². The van der Waals surface area contributed by atoms with E-state index in [1.165, 1.54) is 30.4 Å². The zero-order valence-electron chi connectivity index (χ0n) is 13.9. The average Bonchev–Trinajstić information content (AvgIpc) is 2.53. The predicted octanol–water partition coefficient (Wildman–Crippen LogP) is 2.68. The normalized spacial score (nSPS) is 7.00. The minimum atomic E-state index is 0.250. The van der Waals surface area contributed by atoms with Gasteiger partial charge in [-0.25, -0.2) is 0 Å². The molecule has 0 aliphatic carbocycles. The number of nitrogens with two attached hydrogens (primary N) is 1. The molecule has 0 saturated carbocycles. The molecule has 0 atom stereocenters. The van der Waals surface area contributed by atoms with Crippen LogP contribution in [-0.4, -0.2) is 30.8 Å².